The number of rotatable bonds is 6. The molecule has 0 saturated carbocycles. The van der Waals surface area contributed by atoms with Crippen LogP contribution in [0.25, 0.3) is 0 Å². The molecule has 2 fully saturated rings. The SMILES string of the molecule is O=C(CN1C(=O)C(C(=O)N2CCCC2)Sc2ccccc21)NC1CCN(Cc2ccccc2)CC1. The van der Waals surface area contributed by atoms with Gasteiger partial charge in [0.15, 0.2) is 5.25 Å². The predicted octanol–water partition coefficient (Wildman–Crippen LogP) is 2.90. The minimum absolute atomic E-state index is 0.0651. The molecule has 0 spiro atoms. The average Bonchev–Trinajstić information content (AvgIpc) is 3.42. The third kappa shape index (κ3) is 5.54. The van der Waals surface area contributed by atoms with E-state index in [-0.39, 0.29) is 30.3 Å². The Morgan fingerprint density at radius 1 is 0.914 bits per heavy atom. The smallest absolute Gasteiger partial charge is 0.250 e. The van der Waals surface area contributed by atoms with Crippen LogP contribution in [0.15, 0.2) is 59.5 Å². The summed E-state index contributed by atoms with van der Waals surface area (Å²) in [5.74, 6) is -0.601. The van der Waals surface area contributed by atoms with E-state index >= 15 is 0 Å². The Hall–Kier alpha value is -2.84. The van der Waals surface area contributed by atoms with Crippen LogP contribution >= 0.6 is 11.8 Å². The first-order valence-electron chi connectivity index (χ1n) is 12.5. The Kier molecular flexibility index (Phi) is 7.39. The monoisotopic (exact) mass is 492 g/mol. The highest BCUT2D eigenvalue weighted by Crippen LogP contribution is 2.40. The second-order valence-corrected chi connectivity index (χ2v) is 10.7. The lowest BCUT2D eigenvalue weighted by Crippen LogP contribution is -2.53. The van der Waals surface area contributed by atoms with Gasteiger partial charge in [-0.1, -0.05) is 42.5 Å². The number of carbonyl (C=O) groups is 3. The van der Waals surface area contributed by atoms with Gasteiger partial charge in [0.25, 0.3) is 5.91 Å². The number of anilines is 1. The second-order valence-electron chi connectivity index (χ2n) is 9.53. The summed E-state index contributed by atoms with van der Waals surface area (Å²) in [6, 6.07) is 18.1. The first-order chi connectivity index (χ1) is 17.1. The van der Waals surface area contributed by atoms with Crippen molar-refractivity contribution in [1.29, 1.82) is 0 Å². The number of fused-ring (bicyclic) bond motifs is 1. The quantitative estimate of drug-likeness (QED) is 0.628. The topological polar surface area (TPSA) is 73.0 Å². The van der Waals surface area contributed by atoms with Gasteiger partial charge in [-0.3, -0.25) is 19.3 Å². The number of likely N-dealkylation sites (tertiary alicyclic amines) is 2. The zero-order valence-corrected chi connectivity index (χ0v) is 20.7. The molecular formula is C27H32N4O3S. The average molecular weight is 493 g/mol. The predicted molar refractivity (Wildman–Crippen MR) is 137 cm³/mol. The summed E-state index contributed by atoms with van der Waals surface area (Å²) in [6.07, 6.45) is 3.72. The molecule has 3 aliphatic heterocycles. The zero-order valence-electron chi connectivity index (χ0n) is 19.9. The van der Waals surface area contributed by atoms with E-state index in [0.717, 1.165) is 50.2 Å². The molecule has 8 heteroatoms. The number of piperidine rings is 1. The van der Waals surface area contributed by atoms with Gasteiger partial charge in [0.2, 0.25) is 11.8 Å². The number of carbonyl (C=O) groups excluding carboxylic acids is 3. The van der Waals surface area contributed by atoms with E-state index in [9.17, 15) is 14.4 Å². The lowest BCUT2D eigenvalue weighted by molar-refractivity contribution is -0.134. The van der Waals surface area contributed by atoms with E-state index < -0.39 is 5.25 Å². The molecule has 0 bridgehead atoms. The highest BCUT2D eigenvalue weighted by Gasteiger charge is 2.41. The van der Waals surface area contributed by atoms with Gasteiger partial charge < -0.3 is 15.1 Å². The van der Waals surface area contributed by atoms with E-state index in [2.05, 4.69) is 34.5 Å². The standard InChI is InChI=1S/C27H32N4O3S/c32-24(28-21-12-16-29(17-13-21)18-20-8-2-1-3-9-20)19-31-22-10-4-5-11-23(22)35-25(27(31)34)26(33)30-14-6-7-15-30/h1-5,8-11,21,25H,6-7,12-19H2,(H,28,32). The van der Waals surface area contributed by atoms with Gasteiger partial charge in [-0.25, -0.2) is 0 Å². The van der Waals surface area contributed by atoms with Crippen LogP contribution in [0.4, 0.5) is 5.69 Å². The van der Waals surface area contributed by atoms with Gasteiger partial charge in [-0.05, 0) is 43.4 Å². The molecule has 35 heavy (non-hydrogen) atoms. The Bertz CT molecular complexity index is 1070. The first-order valence-corrected chi connectivity index (χ1v) is 13.4. The maximum absolute atomic E-state index is 13.4. The molecule has 184 valence electrons. The van der Waals surface area contributed by atoms with Gasteiger partial charge in [-0.2, -0.15) is 0 Å². The molecular weight excluding hydrogens is 460 g/mol. The number of hydrogen-bond acceptors (Lipinski definition) is 5. The third-order valence-electron chi connectivity index (χ3n) is 7.04. The Morgan fingerprint density at radius 2 is 1.60 bits per heavy atom. The van der Waals surface area contributed by atoms with Crippen molar-refractivity contribution >= 4 is 35.2 Å². The molecule has 3 heterocycles. The maximum Gasteiger partial charge on any atom is 0.250 e. The second kappa shape index (κ2) is 10.8. The van der Waals surface area contributed by atoms with Gasteiger partial charge >= 0.3 is 0 Å². The Labute approximate surface area is 210 Å². The van der Waals surface area contributed by atoms with E-state index in [1.807, 2.05) is 30.3 Å². The molecule has 0 aliphatic carbocycles. The van der Waals surface area contributed by atoms with Crippen molar-refractivity contribution in [2.45, 2.75) is 48.4 Å². The molecule has 3 aliphatic rings. The van der Waals surface area contributed by atoms with Gasteiger partial charge in [-0.15, -0.1) is 11.8 Å². The number of thioether (sulfide) groups is 1. The largest absolute Gasteiger partial charge is 0.352 e. The van der Waals surface area contributed by atoms with Crippen molar-refractivity contribution in [3.63, 3.8) is 0 Å². The van der Waals surface area contributed by atoms with Crippen molar-refractivity contribution < 1.29 is 14.4 Å². The van der Waals surface area contributed by atoms with Crippen LogP contribution in [0, 0.1) is 0 Å². The lowest BCUT2D eigenvalue weighted by atomic mass is 10.0. The number of benzene rings is 2. The molecule has 2 aromatic carbocycles. The van der Waals surface area contributed by atoms with Crippen molar-refractivity contribution in [2.75, 3.05) is 37.6 Å². The molecule has 0 radical (unpaired) electrons. The van der Waals surface area contributed by atoms with E-state index in [1.54, 1.807) is 4.90 Å². The number of para-hydroxylation sites is 1. The van der Waals surface area contributed by atoms with Crippen LogP contribution in [-0.4, -0.2) is 71.5 Å². The number of nitrogens with one attached hydrogen (secondary N) is 1. The number of amides is 3. The van der Waals surface area contributed by atoms with Gasteiger partial charge in [0.1, 0.15) is 6.54 Å². The maximum atomic E-state index is 13.4. The number of hydrogen-bond donors (Lipinski definition) is 1. The molecule has 2 aromatic rings. The van der Waals surface area contributed by atoms with Crippen molar-refractivity contribution in [3.05, 3.63) is 60.2 Å². The normalized spacial score (nSPS) is 21.1. The van der Waals surface area contributed by atoms with Crippen molar-refractivity contribution in [2.24, 2.45) is 0 Å². The Morgan fingerprint density at radius 3 is 2.34 bits per heavy atom. The highest BCUT2D eigenvalue weighted by atomic mass is 32.2. The molecule has 7 nitrogen and oxygen atoms in total. The summed E-state index contributed by atoms with van der Waals surface area (Å²) < 4.78 is 0. The summed E-state index contributed by atoms with van der Waals surface area (Å²) in [5.41, 5.74) is 2.01. The Balaban J connectivity index is 1.19. The molecule has 5 rings (SSSR count). The van der Waals surface area contributed by atoms with Crippen LogP contribution in [0.3, 0.4) is 0 Å². The summed E-state index contributed by atoms with van der Waals surface area (Å²) in [5, 5.41) is 2.32. The van der Waals surface area contributed by atoms with E-state index in [4.69, 9.17) is 0 Å². The summed E-state index contributed by atoms with van der Waals surface area (Å²) in [6.45, 7) is 4.11. The van der Waals surface area contributed by atoms with E-state index in [0.29, 0.717) is 18.8 Å². The van der Waals surface area contributed by atoms with Crippen LogP contribution in [-0.2, 0) is 20.9 Å². The summed E-state index contributed by atoms with van der Waals surface area (Å²) >= 11 is 1.31. The molecule has 0 aromatic heterocycles. The fraction of sp³-hybridized carbons (Fsp3) is 0.444. The van der Waals surface area contributed by atoms with Crippen LogP contribution in [0.1, 0.15) is 31.2 Å². The summed E-state index contributed by atoms with van der Waals surface area (Å²) in [7, 11) is 0. The summed E-state index contributed by atoms with van der Waals surface area (Å²) in [4.78, 5) is 46.1. The molecule has 1 N–H and O–H groups in total. The first kappa shape index (κ1) is 23.9. The molecule has 1 atom stereocenters. The van der Waals surface area contributed by atoms with Crippen LogP contribution in [0.5, 0.6) is 0 Å². The minimum Gasteiger partial charge on any atom is -0.352 e. The van der Waals surface area contributed by atoms with Gasteiger partial charge in [0.05, 0.1) is 5.69 Å². The van der Waals surface area contributed by atoms with Crippen LogP contribution in [0.2, 0.25) is 0 Å². The fourth-order valence-electron chi connectivity index (χ4n) is 5.13. The van der Waals surface area contributed by atoms with Crippen LogP contribution < -0.4 is 10.2 Å². The highest BCUT2D eigenvalue weighted by molar-refractivity contribution is 8.01. The van der Waals surface area contributed by atoms with E-state index in [1.165, 1.54) is 22.2 Å². The molecule has 3 amide bonds. The van der Waals surface area contributed by atoms with Gasteiger partial charge in [0, 0.05) is 43.7 Å². The van der Waals surface area contributed by atoms with Crippen molar-refractivity contribution in [3.8, 4) is 0 Å². The van der Waals surface area contributed by atoms with Crippen molar-refractivity contribution in [1.82, 2.24) is 15.1 Å². The fourth-order valence-corrected chi connectivity index (χ4v) is 6.32. The molecule has 2 saturated heterocycles. The number of nitrogens with zero attached hydrogens (tertiary/aromatic N) is 3. The lowest BCUT2D eigenvalue weighted by Gasteiger charge is -2.35. The molecule has 1 unspecified atom stereocenters. The minimum atomic E-state index is -0.822. The third-order valence-corrected chi connectivity index (χ3v) is 8.27. The zero-order chi connectivity index (χ0) is 24.2.